The van der Waals surface area contributed by atoms with Crippen LogP contribution < -0.4 is 5.32 Å². The van der Waals surface area contributed by atoms with Crippen molar-refractivity contribution < 1.29 is 0 Å². The van der Waals surface area contributed by atoms with Crippen molar-refractivity contribution in [3.8, 4) is 0 Å². The first-order valence-corrected chi connectivity index (χ1v) is 6.84. The zero-order valence-electron chi connectivity index (χ0n) is 12.1. The van der Waals surface area contributed by atoms with E-state index in [0.29, 0.717) is 0 Å². The third-order valence-corrected chi connectivity index (χ3v) is 3.42. The van der Waals surface area contributed by atoms with Crippen molar-refractivity contribution in [1.82, 2.24) is 19.8 Å². The summed E-state index contributed by atoms with van der Waals surface area (Å²) in [6, 6.07) is 8.61. The fourth-order valence-electron chi connectivity index (χ4n) is 2.33. The van der Waals surface area contributed by atoms with E-state index in [-0.39, 0.29) is 24.0 Å². The lowest BCUT2D eigenvalue weighted by molar-refractivity contribution is 0.534. The van der Waals surface area contributed by atoms with E-state index in [1.54, 1.807) is 6.20 Å². The number of nitrogens with zero attached hydrogens (tertiary/aromatic N) is 4. The number of imidazole rings is 1. The molecule has 1 aliphatic rings. The van der Waals surface area contributed by atoms with Crippen molar-refractivity contribution in [3.05, 3.63) is 54.1 Å². The van der Waals surface area contributed by atoms with Gasteiger partial charge in [-0.3, -0.25) is 4.99 Å². The summed E-state index contributed by atoms with van der Waals surface area (Å²) in [6.45, 7) is 3.55. The first-order chi connectivity index (χ1) is 9.81. The number of aliphatic imine (C=N–C) groups is 1. The number of rotatable bonds is 4. The highest BCUT2D eigenvalue weighted by atomic mass is 127. The highest BCUT2D eigenvalue weighted by molar-refractivity contribution is 14.0. The predicted molar refractivity (Wildman–Crippen MR) is 95.0 cm³/mol. The van der Waals surface area contributed by atoms with Gasteiger partial charge in [0, 0.05) is 39.1 Å². The highest BCUT2D eigenvalue weighted by Gasteiger charge is 2.11. The third-order valence-electron chi connectivity index (χ3n) is 3.42. The van der Waals surface area contributed by atoms with Crippen molar-refractivity contribution in [2.24, 2.45) is 4.99 Å². The van der Waals surface area contributed by atoms with Gasteiger partial charge in [0.05, 0.1) is 12.9 Å². The van der Waals surface area contributed by atoms with Crippen LogP contribution >= 0.6 is 24.0 Å². The number of hydrogen-bond donors (Lipinski definition) is 1. The topological polar surface area (TPSA) is 45.5 Å². The van der Waals surface area contributed by atoms with Crippen molar-refractivity contribution in [3.63, 3.8) is 0 Å². The molecule has 0 saturated carbocycles. The molecule has 1 N–H and O–H groups in total. The summed E-state index contributed by atoms with van der Waals surface area (Å²) in [5.41, 5.74) is 2.55. The fourth-order valence-corrected chi connectivity index (χ4v) is 2.33. The second-order valence-electron chi connectivity index (χ2n) is 5.04. The summed E-state index contributed by atoms with van der Waals surface area (Å²) >= 11 is 0. The summed E-state index contributed by atoms with van der Waals surface area (Å²) in [5.74, 6) is 0.991. The van der Waals surface area contributed by atoms with Gasteiger partial charge in [0.15, 0.2) is 5.96 Å². The number of guanidine groups is 1. The van der Waals surface area contributed by atoms with Crippen LogP contribution in [0.2, 0.25) is 0 Å². The molecule has 112 valence electrons. The average Bonchev–Trinajstić information content (AvgIpc) is 3.09. The Morgan fingerprint density at radius 1 is 1.29 bits per heavy atom. The Morgan fingerprint density at radius 3 is 2.86 bits per heavy atom. The van der Waals surface area contributed by atoms with Crippen LogP contribution in [0.1, 0.15) is 11.1 Å². The van der Waals surface area contributed by atoms with Crippen molar-refractivity contribution in [1.29, 1.82) is 0 Å². The standard InChI is InChI=1S/C15H19N5.HI/c1-19-7-6-17-15(19)18-10-13-3-2-4-14(9-13)11-20-8-5-16-12-20;/h2-5,8-9,12H,6-7,10-11H2,1H3,(H,17,18);1H. The molecule has 0 bridgehead atoms. The molecule has 2 heterocycles. The Bertz CT molecular complexity index is 594. The summed E-state index contributed by atoms with van der Waals surface area (Å²) in [6.07, 6.45) is 5.62. The minimum absolute atomic E-state index is 0. The monoisotopic (exact) mass is 397 g/mol. The molecule has 0 spiro atoms. The molecule has 0 amide bonds. The third kappa shape index (κ3) is 4.20. The molecule has 5 nitrogen and oxygen atoms in total. The van der Waals surface area contributed by atoms with Gasteiger partial charge in [-0.15, -0.1) is 24.0 Å². The Labute approximate surface area is 142 Å². The Morgan fingerprint density at radius 2 is 2.14 bits per heavy atom. The van der Waals surface area contributed by atoms with E-state index in [0.717, 1.165) is 32.1 Å². The summed E-state index contributed by atoms with van der Waals surface area (Å²) in [4.78, 5) is 10.6. The number of benzene rings is 1. The quantitative estimate of drug-likeness (QED) is 0.803. The molecule has 0 saturated heterocycles. The van der Waals surface area contributed by atoms with Gasteiger partial charge >= 0.3 is 0 Å². The van der Waals surface area contributed by atoms with Gasteiger partial charge in [-0.05, 0) is 11.1 Å². The molecule has 0 radical (unpaired) electrons. The maximum atomic E-state index is 4.43. The lowest BCUT2D eigenvalue weighted by atomic mass is 10.1. The minimum Gasteiger partial charge on any atom is -0.352 e. The molecule has 1 aromatic carbocycles. The lowest BCUT2D eigenvalue weighted by Crippen LogP contribution is -2.35. The Balaban J connectivity index is 0.00000161. The molecule has 6 heteroatoms. The Hall–Kier alpha value is -1.57. The van der Waals surface area contributed by atoms with Gasteiger partial charge in [-0.1, -0.05) is 24.3 Å². The van der Waals surface area contributed by atoms with E-state index < -0.39 is 0 Å². The number of likely N-dealkylation sites (N-methyl/N-ethyl adjacent to an activating group) is 1. The molecule has 3 rings (SSSR count). The number of hydrogen-bond acceptors (Lipinski definition) is 4. The number of nitrogens with one attached hydrogen (secondary N) is 1. The van der Waals surface area contributed by atoms with E-state index >= 15 is 0 Å². The van der Waals surface area contributed by atoms with Gasteiger partial charge in [-0.2, -0.15) is 0 Å². The molecule has 0 aliphatic carbocycles. The van der Waals surface area contributed by atoms with Crippen LogP contribution in [0.5, 0.6) is 0 Å². The van der Waals surface area contributed by atoms with Crippen LogP contribution in [0, 0.1) is 0 Å². The van der Waals surface area contributed by atoms with E-state index in [9.17, 15) is 0 Å². The molecule has 0 fully saturated rings. The predicted octanol–water partition coefficient (Wildman–Crippen LogP) is 1.94. The lowest BCUT2D eigenvalue weighted by Gasteiger charge is -2.15. The first kappa shape index (κ1) is 15.8. The molecular formula is C15H20IN5. The number of halogens is 1. The van der Waals surface area contributed by atoms with Crippen LogP contribution in [0.4, 0.5) is 0 Å². The fraction of sp³-hybridized carbons (Fsp3) is 0.333. The molecule has 1 aliphatic heterocycles. The second kappa shape index (κ2) is 7.44. The van der Waals surface area contributed by atoms with Crippen LogP contribution in [0.15, 0.2) is 48.0 Å². The van der Waals surface area contributed by atoms with Gasteiger partial charge in [0.1, 0.15) is 0 Å². The largest absolute Gasteiger partial charge is 0.352 e. The summed E-state index contributed by atoms with van der Waals surface area (Å²) in [5, 5.41) is 3.39. The van der Waals surface area contributed by atoms with Crippen molar-refractivity contribution >= 4 is 29.9 Å². The van der Waals surface area contributed by atoms with Gasteiger partial charge in [0.25, 0.3) is 0 Å². The molecule has 0 atom stereocenters. The smallest absolute Gasteiger partial charge is 0.194 e. The summed E-state index contributed by atoms with van der Waals surface area (Å²) in [7, 11) is 2.06. The SMILES string of the molecule is CN1CCN=C1NCc1cccc(Cn2ccnc2)c1.I. The van der Waals surface area contributed by atoms with Crippen molar-refractivity contribution in [2.75, 3.05) is 20.1 Å². The van der Waals surface area contributed by atoms with Gasteiger partial charge in [0.2, 0.25) is 0 Å². The van der Waals surface area contributed by atoms with Crippen LogP contribution in [0.3, 0.4) is 0 Å². The van der Waals surface area contributed by atoms with Crippen LogP contribution in [-0.2, 0) is 13.1 Å². The van der Waals surface area contributed by atoms with E-state index in [1.807, 2.05) is 12.5 Å². The Kier molecular flexibility index (Phi) is 5.60. The highest BCUT2D eigenvalue weighted by Crippen LogP contribution is 2.08. The van der Waals surface area contributed by atoms with Crippen LogP contribution in [-0.4, -0.2) is 40.5 Å². The van der Waals surface area contributed by atoms with Crippen LogP contribution in [0.25, 0.3) is 0 Å². The van der Waals surface area contributed by atoms with E-state index in [4.69, 9.17) is 0 Å². The molecule has 21 heavy (non-hydrogen) atoms. The zero-order valence-corrected chi connectivity index (χ0v) is 14.4. The molecule has 1 aromatic heterocycles. The normalized spacial score (nSPS) is 13.8. The maximum absolute atomic E-state index is 4.43. The zero-order chi connectivity index (χ0) is 13.8. The van der Waals surface area contributed by atoms with Gasteiger partial charge < -0.3 is 14.8 Å². The number of aromatic nitrogens is 2. The van der Waals surface area contributed by atoms with E-state index in [2.05, 4.69) is 56.1 Å². The summed E-state index contributed by atoms with van der Waals surface area (Å²) < 4.78 is 2.07. The second-order valence-corrected chi connectivity index (χ2v) is 5.04. The first-order valence-electron chi connectivity index (χ1n) is 6.84. The van der Waals surface area contributed by atoms with Gasteiger partial charge in [-0.25, -0.2) is 4.98 Å². The van der Waals surface area contributed by atoms with Crippen molar-refractivity contribution in [2.45, 2.75) is 13.1 Å². The minimum atomic E-state index is 0. The maximum Gasteiger partial charge on any atom is 0.194 e. The average molecular weight is 397 g/mol. The molecule has 2 aromatic rings. The molecular weight excluding hydrogens is 377 g/mol. The van der Waals surface area contributed by atoms with E-state index in [1.165, 1.54) is 11.1 Å². The molecule has 0 unspecified atom stereocenters.